The van der Waals surface area contributed by atoms with Gasteiger partial charge in [0.2, 0.25) is 5.71 Å². The minimum Gasteiger partial charge on any atom is -0.350 e. The fourth-order valence-electron chi connectivity index (χ4n) is 6.16. The summed E-state index contributed by atoms with van der Waals surface area (Å²) in [5.74, 6) is 0. The molecule has 0 spiro atoms. The number of hydrogen-bond donors (Lipinski definition) is 3. The standard InChI is InChI=1S/C37H36N2O9S3/c1-3-38(36(50(43,44)45)30-11-7-5-8-12-30)32-21-15-27(16-22-32)35(29-19-25-34(26-20-29)49(40,41)42)28-17-23-33(24-18-28)39(4-2)37(51(46,47)48)31-13-9-6-10-14-31/h5-26,36-37H,3-4H2,1-2H3,(H2-,40,41,42,43,44,45,46,47,48)/p+1. The van der Waals surface area contributed by atoms with Crippen LogP contribution in [-0.2, 0) is 30.4 Å². The van der Waals surface area contributed by atoms with Gasteiger partial charge in [0.25, 0.3) is 20.2 Å². The Hall–Kier alpha value is -4.70. The van der Waals surface area contributed by atoms with Gasteiger partial charge in [-0.05, 0) is 78.1 Å². The van der Waals surface area contributed by atoms with Gasteiger partial charge in [-0.1, -0.05) is 84.9 Å². The third-order valence-corrected chi connectivity index (χ3v) is 11.4. The van der Waals surface area contributed by atoms with E-state index in [1.807, 2.05) is 0 Å². The molecule has 1 aliphatic carbocycles. The first-order valence-electron chi connectivity index (χ1n) is 15.8. The monoisotopic (exact) mass is 749 g/mol. The molecule has 1 aliphatic rings. The summed E-state index contributed by atoms with van der Waals surface area (Å²) in [7, 11) is -13.6. The zero-order valence-electron chi connectivity index (χ0n) is 27.7. The molecule has 2 unspecified atom stereocenters. The van der Waals surface area contributed by atoms with Gasteiger partial charge in [-0.15, -0.1) is 0 Å². The molecular formula is C37H37N2O9S3+. The van der Waals surface area contributed by atoms with Gasteiger partial charge >= 0.3 is 15.5 Å². The summed E-state index contributed by atoms with van der Waals surface area (Å²) in [6.45, 7) is 4.04. The maximum Gasteiger partial charge on any atom is 0.334 e. The lowest BCUT2D eigenvalue weighted by Crippen LogP contribution is -2.34. The minimum atomic E-state index is -4.56. The third kappa shape index (κ3) is 8.61. The van der Waals surface area contributed by atoms with Crippen molar-refractivity contribution in [2.24, 2.45) is 0 Å². The zero-order valence-corrected chi connectivity index (χ0v) is 30.1. The van der Waals surface area contributed by atoms with E-state index in [1.54, 1.807) is 145 Å². The number of benzene rings is 4. The molecule has 0 amide bonds. The first-order valence-corrected chi connectivity index (χ1v) is 20.3. The average Bonchev–Trinajstić information content (AvgIpc) is 3.10. The molecule has 0 aromatic heterocycles. The maximum absolute atomic E-state index is 12.6. The van der Waals surface area contributed by atoms with Crippen LogP contribution in [0.4, 0.5) is 5.69 Å². The Morgan fingerprint density at radius 1 is 0.627 bits per heavy atom. The molecule has 0 radical (unpaired) electrons. The van der Waals surface area contributed by atoms with Gasteiger partial charge in [0.15, 0.2) is 5.37 Å². The van der Waals surface area contributed by atoms with Crippen LogP contribution in [0.1, 0.15) is 46.8 Å². The van der Waals surface area contributed by atoms with E-state index in [9.17, 15) is 38.9 Å². The van der Waals surface area contributed by atoms with E-state index < -0.39 is 41.1 Å². The molecule has 14 heteroatoms. The van der Waals surface area contributed by atoms with Gasteiger partial charge in [-0.25, -0.2) is 4.58 Å². The smallest absolute Gasteiger partial charge is 0.334 e. The van der Waals surface area contributed by atoms with Crippen LogP contribution in [0.5, 0.6) is 0 Å². The molecule has 5 rings (SSSR count). The molecule has 266 valence electrons. The van der Waals surface area contributed by atoms with Crippen molar-refractivity contribution >= 4 is 47.3 Å². The van der Waals surface area contributed by atoms with Crippen molar-refractivity contribution in [2.75, 3.05) is 18.0 Å². The molecular weight excluding hydrogens is 713 g/mol. The summed E-state index contributed by atoms with van der Waals surface area (Å²) in [5, 5.41) is -2.72. The average molecular weight is 750 g/mol. The quantitative estimate of drug-likeness (QED) is 0.110. The van der Waals surface area contributed by atoms with E-state index in [4.69, 9.17) is 0 Å². The highest BCUT2D eigenvalue weighted by atomic mass is 32.2. The van der Waals surface area contributed by atoms with Crippen LogP contribution in [0.3, 0.4) is 0 Å². The van der Waals surface area contributed by atoms with Gasteiger partial charge in [0.05, 0.1) is 4.90 Å². The Kier molecular flexibility index (Phi) is 11.2. The molecule has 4 aromatic rings. The zero-order chi connectivity index (χ0) is 37.0. The first kappa shape index (κ1) is 37.6. The second-order valence-electron chi connectivity index (χ2n) is 11.6. The van der Waals surface area contributed by atoms with Crippen LogP contribution in [0, 0.1) is 0 Å². The topological polar surface area (TPSA) is 169 Å². The Balaban J connectivity index is 1.63. The number of rotatable bonds is 12. The van der Waals surface area contributed by atoms with Crippen LogP contribution in [0.25, 0.3) is 5.57 Å². The highest BCUT2D eigenvalue weighted by Crippen LogP contribution is 2.35. The van der Waals surface area contributed by atoms with E-state index in [2.05, 4.69) is 0 Å². The molecule has 0 saturated carbocycles. The lowest BCUT2D eigenvalue weighted by atomic mass is 9.90. The second-order valence-corrected chi connectivity index (χ2v) is 16.0. The van der Waals surface area contributed by atoms with Crippen LogP contribution < -0.4 is 4.90 Å². The highest BCUT2D eigenvalue weighted by Gasteiger charge is 2.37. The Labute approximate surface area is 298 Å². The van der Waals surface area contributed by atoms with Crippen molar-refractivity contribution in [2.45, 2.75) is 29.5 Å². The number of nitrogens with zero attached hydrogens (tertiary/aromatic N) is 2. The van der Waals surface area contributed by atoms with Gasteiger partial charge in [0.1, 0.15) is 6.54 Å². The largest absolute Gasteiger partial charge is 0.350 e. The van der Waals surface area contributed by atoms with Gasteiger partial charge in [0, 0.05) is 29.9 Å². The molecule has 0 heterocycles. The van der Waals surface area contributed by atoms with Crippen molar-refractivity contribution in [3.8, 4) is 0 Å². The minimum absolute atomic E-state index is 0.245. The molecule has 51 heavy (non-hydrogen) atoms. The predicted octanol–water partition coefficient (Wildman–Crippen LogP) is 6.33. The fraction of sp³-hybridized carbons (Fsp3) is 0.162. The van der Waals surface area contributed by atoms with E-state index in [0.29, 0.717) is 44.8 Å². The first-order chi connectivity index (χ1) is 24.1. The van der Waals surface area contributed by atoms with Gasteiger partial charge in [-0.3, -0.25) is 13.7 Å². The molecule has 0 bridgehead atoms. The molecule has 3 N–H and O–H groups in total. The summed E-state index contributed by atoms with van der Waals surface area (Å²) in [6.07, 6.45) is 6.98. The summed E-state index contributed by atoms with van der Waals surface area (Å²) in [5.41, 5.74) is 4.37. The van der Waals surface area contributed by atoms with Crippen LogP contribution in [0.15, 0.2) is 144 Å². The third-order valence-electron chi connectivity index (χ3n) is 8.40. The molecule has 0 aliphatic heterocycles. The van der Waals surface area contributed by atoms with Crippen molar-refractivity contribution < 1.29 is 43.5 Å². The van der Waals surface area contributed by atoms with Crippen molar-refractivity contribution in [1.29, 1.82) is 0 Å². The van der Waals surface area contributed by atoms with E-state index in [-0.39, 0.29) is 18.0 Å². The van der Waals surface area contributed by atoms with Crippen molar-refractivity contribution in [1.82, 2.24) is 0 Å². The SMILES string of the molecule is CCN(c1ccc(C(=C2C=CC(=[N+](CC)C(c3ccccc3)S(=O)(=O)O)C=C2)c2ccc(S(=O)(=O)O)cc2)cc1)C(c1ccccc1)S(=O)(=O)O. The fourth-order valence-corrected chi connectivity index (χ4v) is 8.83. The molecule has 11 nitrogen and oxygen atoms in total. The van der Waals surface area contributed by atoms with Gasteiger partial charge < -0.3 is 4.90 Å². The molecule has 2 atom stereocenters. The Bertz CT molecular complexity index is 2320. The molecule has 0 fully saturated rings. The summed E-state index contributed by atoms with van der Waals surface area (Å²) in [6, 6.07) is 29.4. The number of anilines is 1. The summed E-state index contributed by atoms with van der Waals surface area (Å²) in [4.78, 5) is 1.27. The Morgan fingerprint density at radius 2 is 1.12 bits per heavy atom. The van der Waals surface area contributed by atoms with E-state index in [0.717, 1.165) is 0 Å². The Morgan fingerprint density at radius 3 is 1.55 bits per heavy atom. The van der Waals surface area contributed by atoms with Crippen LogP contribution >= 0.6 is 0 Å². The highest BCUT2D eigenvalue weighted by molar-refractivity contribution is 7.86. The van der Waals surface area contributed by atoms with E-state index in [1.165, 1.54) is 12.1 Å². The number of allylic oxidation sites excluding steroid dienone is 5. The summed E-state index contributed by atoms with van der Waals surface area (Å²) < 4.78 is 106. The molecule has 4 aromatic carbocycles. The lowest BCUT2D eigenvalue weighted by molar-refractivity contribution is -0.545. The molecule has 0 saturated heterocycles. The number of hydrogen-bond acceptors (Lipinski definition) is 7. The van der Waals surface area contributed by atoms with Crippen molar-refractivity contribution in [3.63, 3.8) is 0 Å². The van der Waals surface area contributed by atoms with Crippen molar-refractivity contribution in [3.05, 3.63) is 161 Å². The summed E-state index contributed by atoms with van der Waals surface area (Å²) >= 11 is 0. The lowest BCUT2D eigenvalue weighted by Gasteiger charge is -2.31. The second kappa shape index (κ2) is 15.3. The maximum atomic E-state index is 12.6. The predicted molar refractivity (Wildman–Crippen MR) is 197 cm³/mol. The van der Waals surface area contributed by atoms with Gasteiger partial charge in [-0.2, -0.15) is 25.3 Å². The normalized spacial score (nSPS) is 14.6. The van der Waals surface area contributed by atoms with E-state index >= 15 is 0 Å². The van der Waals surface area contributed by atoms with Crippen LogP contribution in [-0.4, -0.2) is 62.3 Å². The van der Waals surface area contributed by atoms with Crippen LogP contribution in [0.2, 0.25) is 0 Å².